The molecule has 0 spiro atoms. The highest BCUT2D eigenvalue weighted by Gasteiger charge is 2.28. The van der Waals surface area contributed by atoms with Gasteiger partial charge in [-0.1, -0.05) is 24.3 Å². The van der Waals surface area contributed by atoms with Crippen LogP contribution in [-0.2, 0) is 22.6 Å². The van der Waals surface area contributed by atoms with Crippen molar-refractivity contribution in [2.75, 3.05) is 26.2 Å². The zero-order chi connectivity index (χ0) is 23.1. The lowest BCUT2D eigenvalue weighted by molar-refractivity contribution is -0.131. The second-order valence-corrected chi connectivity index (χ2v) is 9.44. The standard InChI is InChI=1S/C24H37N5O3/c1-5-25-22(28-14-12-20(17-28)27-23(31)32-24(2,3)4)26-13-8-11-21(30)29-15-18-9-6-7-10-19(18)16-29/h6-7,9-10,20H,5,8,11-17H2,1-4H3,(H,25,26)(H,27,31). The Hall–Kier alpha value is -2.77. The highest BCUT2D eigenvalue weighted by molar-refractivity contribution is 5.80. The Morgan fingerprint density at radius 2 is 1.84 bits per heavy atom. The summed E-state index contributed by atoms with van der Waals surface area (Å²) < 4.78 is 5.36. The van der Waals surface area contributed by atoms with Crippen LogP contribution in [0.1, 0.15) is 58.1 Å². The third kappa shape index (κ3) is 6.87. The number of alkyl carbamates (subject to hydrolysis) is 1. The second-order valence-electron chi connectivity index (χ2n) is 9.44. The number of amides is 2. The van der Waals surface area contributed by atoms with E-state index in [1.54, 1.807) is 0 Å². The van der Waals surface area contributed by atoms with Crippen LogP contribution in [0, 0.1) is 0 Å². The number of fused-ring (bicyclic) bond motifs is 1. The first kappa shape index (κ1) is 23.9. The summed E-state index contributed by atoms with van der Waals surface area (Å²) in [6.07, 6.45) is 1.68. The fraction of sp³-hybridized carbons (Fsp3) is 0.625. The van der Waals surface area contributed by atoms with Crippen molar-refractivity contribution in [2.45, 2.75) is 71.7 Å². The number of rotatable bonds is 6. The van der Waals surface area contributed by atoms with Gasteiger partial charge in [-0.25, -0.2) is 4.79 Å². The van der Waals surface area contributed by atoms with Crippen molar-refractivity contribution in [1.29, 1.82) is 0 Å². The first-order valence-corrected chi connectivity index (χ1v) is 11.6. The molecule has 2 heterocycles. The molecule has 0 bridgehead atoms. The molecule has 1 aromatic rings. The maximum Gasteiger partial charge on any atom is 0.407 e. The minimum atomic E-state index is -0.506. The van der Waals surface area contributed by atoms with Crippen LogP contribution in [0.15, 0.2) is 29.3 Å². The predicted octanol–water partition coefficient (Wildman–Crippen LogP) is 2.87. The number of carbonyl (C=O) groups excluding carboxylic acids is 2. The number of likely N-dealkylation sites (tertiary alicyclic amines) is 1. The van der Waals surface area contributed by atoms with Crippen LogP contribution in [0.2, 0.25) is 0 Å². The number of hydrogen-bond donors (Lipinski definition) is 2. The molecule has 2 aliphatic heterocycles. The van der Waals surface area contributed by atoms with Crippen LogP contribution >= 0.6 is 0 Å². The Morgan fingerprint density at radius 1 is 1.16 bits per heavy atom. The number of nitrogens with zero attached hydrogens (tertiary/aromatic N) is 3. The summed E-state index contributed by atoms with van der Waals surface area (Å²) in [5, 5.41) is 6.28. The van der Waals surface area contributed by atoms with Crippen molar-refractivity contribution in [1.82, 2.24) is 20.4 Å². The van der Waals surface area contributed by atoms with Crippen molar-refractivity contribution < 1.29 is 14.3 Å². The average Bonchev–Trinajstić information content (AvgIpc) is 3.35. The molecule has 2 N–H and O–H groups in total. The van der Waals surface area contributed by atoms with E-state index in [0.29, 0.717) is 39.0 Å². The Morgan fingerprint density at radius 3 is 2.47 bits per heavy atom. The number of hydrogen-bond acceptors (Lipinski definition) is 4. The van der Waals surface area contributed by atoms with Crippen LogP contribution < -0.4 is 10.6 Å². The molecule has 1 aromatic carbocycles. The summed E-state index contributed by atoms with van der Waals surface area (Å²) in [6, 6.07) is 8.27. The number of nitrogens with one attached hydrogen (secondary N) is 2. The van der Waals surface area contributed by atoms with Gasteiger partial charge < -0.3 is 25.2 Å². The third-order valence-electron chi connectivity index (χ3n) is 5.55. The van der Waals surface area contributed by atoms with Gasteiger partial charge in [0.05, 0.1) is 6.04 Å². The van der Waals surface area contributed by atoms with Gasteiger partial charge in [-0.2, -0.15) is 0 Å². The Bertz CT molecular complexity index is 808. The van der Waals surface area contributed by atoms with E-state index in [2.05, 4.69) is 27.7 Å². The molecule has 2 aliphatic rings. The molecule has 0 aliphatic carbocycles. The maximum atomic E-state index is 12.6. The summed E-state index contributed by atoms with van der Waals surface area (Å²) in [4.78, 5) is 33.4. The van der Waals surface area contributed by atoms with Gasteiger partial charge in [-0.3, -0.25) is 9.79 Å². The fourth-order valence-electron chi connectivity index (χ4n) is 4.05. The Kier molecular flexibility index (Phi) is 7.99. The molecule has 8 heteroatoms. The van der Waals surface area contributed by atoms with Gasteiger partial charge in [-0.05, 0) is 51.7 Å². The zero-order valence-corrected chi connectivity index (χ0v) is 19.8. The predicted molar refractivity (Wildman–Crippen MR) is 125 cm³/mol. The molecular formula is C24H37N5O3. The normalized spacial score (nSPS) is 18.5. The van der Waals surface area contributed by atoms with E-state index in [1.807, 2.05) is 44.7 Å². The van der Waals surface area contributed by atoms with Crippen LogP contribution in [0.5, 0.6) is 0 Å². The van der Waals surface area contributed by atoms with E-state index in [-0.39, 0.29) is 18.0 Å². The molecule has 1 unspecified atom stereocenters. The van der Waals surface area contributed by atoms with Gasteiger partial charge >= 0.3 is 6.09 Å². The van der Waals surface area contributed by atoms with Crippen molar-refractivity contribution in [3.8, 4) is 0 Å². The quantitative estimate of drug-likeness (QED) is 0.401. The van der Waals surface area contributed by atoms with Crippen LogP contribution in [0.3, 0.4) is 0 Å². The van der Waals surface area contributed by atoms with Crippen molar-refractivity contribution in [2.24, 2.45) is 4.99 Å². The smallest absolute Gasteiger partial charge is 0.407 e. The first-order valence-electron chi connectivity index (χ1n) is 11.6. The minimum Gasteiger partial charge on any atom is -0.444 e. The summed E-state index contributed by atoms with van der Waals surface area (Å²) in [7, 11) is 0. The van der Waals surface area contributed by atoms with E-state index in [0.717, 1.165) is 25.5 Å². The fourth-order valence-corrected chi connectivity index (χ4v) is 4.05. The first-order chi connectivity index (χ1) is 15.2. The molecule has 0 radical (unpaired) electrons. The van der Waals surface area contributed by atoms with Crippen LogP contribution in [-0.4, -0.2) is 65.6 Å². The van der Waals surface area contributed by atoms with Gasteiger partial charge in [0.1, 0.15) is 5.60 Å². The second kappa shape index (κ2) is 10.7. The molecular weight excluding hydrogens is 406 g/mol. The number of carbonyl (C=O) groups is 2. The number of aliphatic imine (C=N–C) groups is 1. The van der Waals surface area contributed by atoms with Crippen LogP contribution in [0.25, 0.3) is 0 Å². The van der Waals surface area contributed by atoms with Gasteiger partial charge in [0.2, 0.25) is 5.91 Å². The van der Waals surface area contributed by atoms with Crippen LogP contribution in [0.4, 0.5) is 4.79 Å². The van der Waals surface area contributed by atoms with E-state index in [1.165, 1.54) is 11.1 Å². The largest absolute Gasteiger partial charge is 0.444 e. The molecule has 176 valence electrons. The molecule has 0 saturated carbocycles. The molecule has 2 amide bonds. The number of benzene rings is 1. The van der Waals surface area contributed by atoms with Gasteiger partial charge in [0, 0.05) is 45.7 Å². The molecule has 8 nitrogen and oxygen atoms in total. The van der Waals surface area contributed by atoms with E-state index < -0.39 is 5.60 Å². The van der Waals surface area contributed by atoms with Crippen molar-refractivity contribution in [3.05, 3.63) is 35.4 Å². The van der Waals surface area contributed by atoms with E-state index >= 15 is 0 Å². The summed E-state index contributed by atoms with van der Waals surface area (Å²) in [6.45, 7) is 11.9. The van der Waals surface area contributed by atoms with E-state index in [9.17, 15) is 9.59 Å². The highest BCUT2D eigenvalue weighted by atomic mass is 16.6. The highest BCUT2D eigenvalue weighted by Crippen LogP contribution is 2.23. The molecule has 3 rings (SSSR count). The summed E-state index contributed by atoms with van der Waals surface area (Å²) in [5.74, 6) is 1.02. The summed E-state index contributed by atoms with van der Waals surface area (Å²) >= 11 is 0. The molecule has 1 atom stereocenters. The maximum absolute atomic E-state index is 12.6. The summed E-state index contributed by atoms with van der Waals surface area (Å²) in [5.41, 5.74) is 1.99. The molecule has 1 fully saturated rings. The van der Waals surface area contributed by atoms with Crippen molar-refractivity contribution in [3.63, 3.8) is 0 Å². The Balaban J connectivity index is 1.43. The third-order valence-corrected chi connectivity index (χ3v) is 5.55. The lowest BCUT2D eigenvalue weighted by Gasteiger charge is -2.23. The zero-order valence-electron chi connectivity index (χ0n) is 19.8. The minimum absolute atomic E-state index is 0.0343. The SMILES string of the molecule is CCNC(=NCCCC(=O)N1Cc2ccccc2C1)N1CCC(NC(=O)OC(C)(C)C)C1. The van der Waals surface area contributed by atoms with E-state index in [4.69, 9.17) is 9.73 Å². The number of ether oxygens (including phenoxy) is 1. The van der Waals surface area contributed by atoms with Gasteiger partial charge in [0.15, 0.2) is 5.96 Å². The monoisotopic (exact) mass is 443 g/mol. The van der Waals surface area contributed by atoms with Crippen molar-refractivity contribution >= 4 is 18.0 Å². The molecule has 32 heavy (non-hydrogen) atoms. The average molecular weight is 444 g/mol. The Labute approximate surface area is 191 Å². The molecule has 1 saturated heterocycles. The molecule has 0 aromatic heterocycles. The lowest BCUT2D eigenvalue weighted by Crippen LogP contribution is -2.44. The number of guanidine groups is 1. The van der Waals surface area contributed by atoms with Gasteiger partial charge in [-0.15, -0.1) is 0 Å². The lowest BCUT2D eigenvalue weighted by atomic mass is 10.1. The van der Waals surface area contributed by atoms with Gasteiger partial charge in [0.25, 0.3) is 0 Å². The topological polar surface area (TPSA) is 86.3 Å².